The van der Waals surface area contributed by atoms with Gasteiger partial charge in [-0.25, -0.2) is 9.78 Å². The Balaban J connectivity index is 1.75. The molecule has 21 heavy (non-hydrogen) atoms. The lowest BCUT2D eigenvalue weighted by atomic mass is 10.1. The predicted molar refractivity (Wildman–Crippen MR) is 84.5 cm³/mol. The Bertz CT molecular complexity index is 618. The molecule has 2 aromatic rings. The summed E-state index contributed by atoms with van der Waals surface area (Å²) in [4.78, 5) is 16.0. The first-order valence-corrected chi connectivity index (χ1v) is 7.16. The van der Waals surface area contributed by atoms with Crippen LogP contribution in [-0.4, -0.2) is 22.1 Å². The van der Waals surface area contributed by atoms with Gasteiger partial charge in [0.05, 0.1) is 0 Å². The summed E-state index contributed by atoms with van der Waals surface area (Å²) in [7, 11) is 0. The first-order chi connectivity index (χ1) is 10.1. The lowest BCUT2D eigenvalue weighted by Gasteiger charge is -2.11. The van der Waals surface area contributed by atoms with E-state index in [9.17, 15) is 4.79 Å². The smallest absolute Gasteiger partial charge is 0.319 e. The molecule has 2 rings (SSSR count). The molecular formula is C16H22N4O. The molecule has 2 N–H and O–H groups in total. The minimum absolute atomic E-state index is 0.161. The highest BCUT2D eigenvalue weighted by atomic mass is 16.2. The number of imidazole rings is 1. The molecule has 0 unspecified atom stereocenters. The second kappa shape index (κ2) is 6.92. The number of benzene rings is 1. The van der Waals surface area contributed by atoms with E-state index in [1.165, 1.54) is 5.56 Å². The van der Waals surface area contributed by atoms with E-state index in [0.717, 1.165) is 30.0 Å². The molecule has 0 atom stereocenters. The molecule has 1 heterocycles. The number of nitrogens with one attached hydrogen (secondary N) is 2. The van der Waals surface area contributed by atoms with E-state index in [1.807, 2.05) is 45.2 Å². The zero-order valence-corrected chi connectivity index (χ0v) is 12.8. The number of amides is 2. The van der Waals surface area contributed by atoms with Crippen molar-refractivity contribution >= 4 is 11.7 Å². The second-order valence-electron chi connectivity index (χ2n) is 5.15. The third-order valence-corrected chi connectivity index (χ3v) is 3.64. The first-order valence-electron chi connectivity index (χ1n) is 7.16. The van der Waals surface area contributed by atoms with Crippen molar-refractivity contribution in [2.75, 3.05) is 11.9 Å². The number of nitrogens with zero attached hydrogens (tertiary/aromatic N) is 2. The topological polar surface area (TPSA) is 59.0 Å². The summed E-state index contributed by atoms with van der Waals surface area (Å²) in [5, 5.41) is 5.76. The summed E-state index contributed by atoms with van der Waals surface area (Å²) in [5.41, 5.74) is 3.13. The molecule has 0 aliphatic carbocycles. The van der Waals surface area contributed by atoms with Crippen molar-refractivity contribution in [2.45, 2.75) is 33.7 Å². The molecule has 0 radical (unpaired) electrons. The Morgan fingerprint density at radius 3 is 2.81 bits per heavy atom. The zero-order valence-electron chi connectivity index (χ0n) is 12.8. The van der Waals surface area contributed by atoms with Crippen molar-refractivity contribution in [3.63, 3.8) is 0 Å². The lowest BCUT2D eigenvalue weighted by Crippen LogP contribution is -2.30. The number of hydrogen-bond donors (Lipinski definition) is 2. The molecule has 112 valence electrons. The van der Waals surface area contributed by atoms with Gasteiger partial charge in [-0.05, 0) is 44.4 Å². The van der Waals surface area contributed by atoms with Crippen LogP contribution < -0.4 is 10.6 Å². The van der Waals surface area contributed by atoms with E-state index in [4.69, 9.17) is 0 Å². The normalized spacial score (nSPS) is 10.4. The van der Waals surface area contributed by atoms with Gasteiger partial charge in [0, 0.05) is 31.2 Å². The predicted octanol–water partition coefficient (Wildman–Crippen LogP) is 3.02. The molecule has 0 aliphatic heterocycles. The van der Waals surface area contributed by atoms with Crippen molar-refractivity contribution < 1.29 is 4.79 Å². The van der Waals surface area contributed by atoms with Crippen LogP contribution in [0, 0.1) is 20.8 Å². The van der Waals surface area contributed by atoms with E-state index < -0.39 is 0 Å². The van der Waals surface area contributed by atoms with Gasteiger partial charge in [-0.15, -0.1) is 0 Å². The summed E-state index contributed by atoms with van der Waals surface area (Å²) >= 11 is 0. The summed E-state index contributed by atoms with van der Waals surface area (Å²) in [6.45, 7) is 7.50. The second-order valence-corrected chi connectivity index (χ2v) is 5.15. The number of anilines is 1. The fraction of sp³-hybridized carbons (Fsp3) is 0.375. The van der Waals surface area contributed by atoms with Gasteiger partial charge in [-0.2, -0.15) is 0 Å². The average molecular weight is 286 g/mol. The van der Waals surface area contributed by atoms with Crippen molar-refractivity contribution in [3.05, 3.63) is 47.5 Å². The molecule has 0 saturated heterocycles. The molecule has 0 spiro atoms. The van der Waals surface area contributed by atoms with Gasteiger partial charge in [-0.1, -0.05) is 12.1 Å². The maximum absolute atomic E-state index is 11.9. The van der Waals surface area contributed by atoms with Gasteiger partial charge in [0.2, 0.25) is 0 Å². The van der Waals surface area contributed by atoms with Crippen LogP contribution in [0.2, 0.25) is 0 Å². The molecule has 5 nitrogen and oxygen atoms in total. The Morgan fingerprint density at radius 1 is 1.29 bits per heavy atom. The van der Waals surface area contributed by atoms with E-state index in [2.05, 4.69) is 20.2 Å². The van der Waals surface area contributed by atoms with Crippen LogP contribution in [0.15, 0.2) is 30.6 Å². The Hall–Kier alpha value is -2.30. The van der Waals surface area contributed by atoms with Gasteiger partial charge in [0.15, 0.2) is 0 Å². The van der Waals surface area contributed by atoms with Gasteiger partial charge < -0.3 is 15.2 Å². The summed E-state index contributed by atoms with van der Waals surface area (Å²) in [6, 6.07) is 5.73. The number of hydrogen-bond acceptors (Lipinski definition) is 2. The minimum atomic E-state index is -0.161. The van der Waals surface area contributed by atoms with E-state index in [1.54, 1.807) is 6.20 Å². The number of aromatic nitrogens is 2. The highest BCUT2D eigenvalue weighted by Crippen LogP contribution is 2.17. The number of urea groups is 1. The van der Waals surface area contributed by atoms with E-state index >= 15 is 0 Å². The number of carbonyl (C=O) groups is 1. The van der Waals surface area contributed by atoms with Crippen LogP contribution in [0.25, 0.3) is 0 Å². The van der Waals surface area contributed by atoms with Crippen LogP contribution in [0.3, 0.4) is 0 Å². The monoisotopic (exact) mass is 286 g/mol. The molecular weight excluding hydrogens is 264 g/mol. The highest BCUT2D eigenvalue weighted by molar-refractivity contribution is 5.90. The number of carbonyl (C=O) groups excluding carboxylic acids is 1. The van der Waals surface area contributed by atoms with Gasteiger partial charge in [0.1, 0.15) is 5.82 Å². The van der Waals surface area contributed by atoms with Crippen molar-refractivity contribution in [1.29, 1.82) is 0 Å². The molecule has 2 amide bonds. The maximum Gasteiger partial charge on any atom is 0.319 e. The molecule has 0 bridgehead atoms. The van der Waals surface area contributed by atoms with E-state index in [0.29, 0.717) is 6.54 Å². The van der Waals surface area contributed by atoms with Crippen LogP contribution in [-0.2, 0) is 6.54 Å². The molecule has 1 aromatic carbocycles. The Kier molecular flexibility index (Phi) is 4.98. The average Bonchev–Trinajstić information content (AvgIpc) is 2.86. The molecule has 5 heteroatoms. The van der Waals surface area contributed by atoms with Gasteiger partial charge >= 0.3 is 6.03 Å². The Labute approximate surface area is 125 Å². The van der Waals surface area contributed by atoms with Crippen LogP contribution in [0.5, 0.6) is 0 Å². The highest BCUT2D eigenvalue weighted by Gasteiger charge is 2.05. The van der Waals surface area contributed by atoms with Gasteiger partial charge in [0.25, 0.3) is 0 Å². The zero-order chi connectivity index (χ0) is 15.2. The number of rotatable bonds is 5. The molecule has 1 aromatic heterocycles. The Morgan fingerprint density at radius 2 is 2.10 bits per heavy atom. The van der Waals surface area contributed by atoms with Crippen molar-refractivity contribution in [3.8, 4) is 0 Å². The largest absolute Gasteiger partial charge is 0.338 e. The van der Waals surface area contributed by atoms with Gasteiger partial charge in [-0.3, -0.25) is 0 Å². The SMILES string of the molecule is Cc1cccc(NC(=O)NCCCn2ccnc2C)c1C. The maximum atomic E-state index is 11.9. The fourth-order valence-corrected chi connectivity index (χ4v) is 2.14. The van der Waals surface area contributed by atoms with Crippen LogP contribution in [0.1, 0.15) is 23.4 Å². The quantitative estimate of drug-likeness (QED) is 0.830. The molecule has 0 aliphatic rings. The summed E-state index contributed by atoms with van der Waals surface area (Å²) in [5.74, 6) is 0.995. The first kappa shape index (κ1) is 15.1. The third kappa shape index (κ3) is 4.08. The standard InChI is InChI=1S/C16H22N4O/c1-12-6-4-7-15(13(12)2)19-16(21)18-8-5-10-20-11-9-17-14(20)3/h4,6-7,9,11H,5,8,10H2,1-3H3,(H2,18,19,21). The minimum Gasteiger partial charge on any atom is -0.338 e. The summed E-state index contributed by atoms with van der Waals surface area (Å²) in [6.07, 6.45) is 4.61. The van der Waals surface area contributed by atoms with Crippen LogP contribution in [0.4, 0.5) is 10.5 Å². The molecule has 0 saturated carbocycles. The van der Waals surface area contributed by atoms with Crippen molar-refractivity contribution in [1.82, 2.24) is 14.9 Å². The van der Waals surface area contributed by atoms with E-state index in [-0.39, 0.29) is 6.03 Å². The number of aryl methyl sites for hydroxylation is 3. The fourth-order valence-electron chi connectivity index (χ4n) is 2.14. The summed E-state index contributed by atoms with van der Waals surface area (Å²) < 4.78 is 2.07. The van der Waals surface area contributed by atoms with Crippen molar-refractivity contribution in [2.24, 2.45) is 0 Å². The lowest BCUT2D eigenvalue weighted by molar-refractivity contribution is 0.252. The molecule has 0 fully saturated rings. The van der Waals surface area contributed by atoms with Crippen LogP contribution >= 0.6 is 0 Å². The third-order valence-electron chi connectivity index (χ3n) is 3.64.